The van der Waals surface area contributed by atoms with Gasteiger partial charge in [0, 0.05) is 17.3 Å². The van der Waals surface area contributed by atoms with Gasteiger partial charge in [0.2, 0.25) is 0 Å². The first-order valence-electron chi connectivity index (χ1n) is 5.86. The highest BCUT2D eigenvalue weighted by atomic mass is 19.4. The molecular weight excluding hydrogens is 293 g/mol. The molecule has 0 radical (unpaired) electrons. The van der Waals surface area contributed by atoms with E-state index in [-0.39, 0.29) is 23.6 Å². The molecule has 0 unspecified atom stereocenters. The predicted octanol–water partition coefficient (Wildman–Crippen LogP) is 0.901. The molecule has 0 saturated heterocycles. The highest BCUT2D eigenvalue weighted by Gasteiger charge is 2.38. The van der Waals surface area contributed by atoms with Gasteiger partial charge in [-0.1, -0.05) is 0 Å². The number of nitrogens with two attached hydrogens (primary N) is 1. The van der Waals surface area contributed by atoms with Crippen LogP contribution in [0, 0.1) is 0 Å². The van der Waals surface area contributed by atoms with E-state index in [1.54, 1.807) is 0 Å². The molecule has 9 heteroatoms. The number of carbonyl (C=O) groups excluding carboxylic acids is 2. The summed E-state index contributed by atoms with van der Waals surface area (Å²) in [4.78, 5) is 22.5. The van der Waals surface area contributed by atoms with Gasteiger partial charge in [-0.05, 0) is 6.07 Å². The number of alkyl halides is 3. The van der Waals surface area contributed by atoms with E-state index >= 15 is 0 Å². The molecule has 3 N–H and O–H groups in total. The quantitative estimate of drug-likeness (QED) is 0.639. The molecule has 0 saturated carbocycles. The van der Waals surface area contributed by atoms with Crippen LogP contribution in [0.3, 0.4) is 0 Å². The van der Waals surface area contributed by atoms with Crippen molar-refractivity contribution in [2.45, 2.75) is 6.18 Å². The largest absolute Gasteiger partial charge is 0.486 e. The first kappa shape index (κ1) is 14.9. The number of Topliss-reactive ketones (excluding diaryl/α,β-unsaturated/α-hetero) is 1. The van der Waals surface area contributed by atoms with E-state index in [1.165, 1.54) is 17.4 Å². The number of ketones is 1. The number of amides is 1. The summed E-state index contributed by atoms with van der Waals surface area (Å²) in [6, 6.07) is 2.64. The lowest BCUT2D eigenvalue weighted by atomic mass is 10.1. The van der Waals surface area contributed by atoms with Crippen LogP contribution in [0.2, 0.25) is 0 Å². The number of anilines is 1. The molecule has 114 valence electrons. The minimum absolute atomic E-state index is 0.0329. The molecule has 1 aromatic carbocycles. The van der Waals surface area contributed by atoms with Gasteiger partial charge in [0.25, 0.3) is 0 Å². The van der Waals surface area contributed by atoms with E-state index < -0.39 is 24.4 Å². The molecular formula is C12H11F3N2O4. The zero-order chi connectivity index (χ0) is 15.6. The maximum Gasteiger partial charge on any atom is 0.471 e. The number of benzene rings is 1. The summed E-state index contributed by atoms with van der Waals surface area (Å²) in [5.74, 6) is -2.32. The van der Waals surface area contributed by atoms with E-state index in [9.17, 15) is 22.8 Å². The first-order valence-corrected chi connectivity index (χ1v) is 5.86. The molecule has 0 fully saturated rings. The minimum atomic E-state index is -5.04. The van der Waals surface area contributed by atoms with Gasteiger partial charge in [-0.2, -0.15) is 13.2 Å². The van der Waals surface area contributed by atoms with Crippen LogP contribution >= 0.6 is 0 Å². The summed E-state index contributed by atoms with van der Waals surface area (Å²) in [5, 5.41) is 1.49. The van der Waals surface area contributed by atoms with Crippen LogP contribution in [0.1, 0.15) is 10.4 Å². The third-order valence-corrected chi connectivity index (χ3v) is 2.68. The minimum Gasteiger partial charge on any atom is -0.486 e. The number of ether oxygens (including phenoxy) is 2. The Hall–Kier alpha value is -2.45. The van der Waals surface area contributed by atoms with Gasteiger partial charge in [0.1, 0.15) is 13.2 Å². The summed E-state index contributed by atoms with van der Waals surface area (Å²) in [5.41, 5.74) is 5.64. The van der Waals surface area contributed by atoms with Crippen LogP contribution in [0.25, 0.3) is 0 Å². The van der Waals surface area contributed by atoms with Crippen molar-refractivity contribution in [2.24, 2.45) is 0 Å². The van der Waals surface area contributed by atoms with Gasteiger partial charge in [-0.15, -0.1) is 0 Å². The van der Waals surface area contributed by atoms with Crippen LogP contribution < -0.4 is 20.5 Å². The summed E-state index contributed by atoms with van der Waals surface area (Å²) in [7, 11) is 0. The van der Waals surface area contributed by atoms with Crippen LogP contribution in [-0.4, -0.2) is 37.6 Å². The van der Waals surface area contributed by atoms with Crippen LogP contribution in [0.15, 0.2) is 12.1 Å². The van der Waals surface area contributed by atoms with Crippen molar-refractivity contribution in [3.05, 3.63) is 17.7 Å². The van der Waals surface area contributed by atoms with Crippen molar-refractivity contribution in [2.75, 3.05) is 25.5 Å². The summed E-state index contributed by atoms with van der Waals surface area (Å²) in [6.45, 7) is -0.196. The molecule has 1 aliphatic rings. The summed E-state index contributed by atoms with van der Waals surface area (Å²) >= 11 is 0. The van der Waals surface area contributed by atoms with Crippen LogP contribution in [-0.2, 0) is 4.79 Å². The molecule has 0 spiro atoms. The highest BCUT2D eigenvalue weighted by molar-refractivity contribution is 6.04. The fourth-order valence-electron chi connectivity index (χ4n) is 1.70. The maximum absolute atomic E-state index is 12.0. The van der Waals surface area contributed by atoms with Crippen molar-refractivity contribution in [3.63, 3.8) is 0 Å². The average Bonchev–Trinajstić information content (AvgIpc) is 2.42. The molecule has 0 bridgehead atoms. The van der Waals surface area contributed by atoms with Crippen molar-refractivity contribution in [1.29, 1.82) is 0 Å². The second kappa shape index (κ2) is 5.51. The lowest BCUT2D eigenvalue weighted by molar-refractivity contribution is -0.173. The number of hydrogen-bond acceptors (Lipinski definition) is 5. The number of halogens is 3. The number of fused-ring (bicyclic) bond motifs is 1. The predicted molar refractivity (Wildman–Crippen MR) is 65.2 cm³/mol. The normalized spacial score (nSPS) is 13.7. The fraction of sp³-hybridized carbons (Fsp3) is 0.333. The van der Waals surface area contributed by atoms with E-state index in [0.29, 0.717) is 12.4 Å². The lowest BCUT2D eigenvalue weighted by Crippen LogP contribution is -2.39. The van der Waals surface area contributed by atoms with Crippen molar-refractivity contribution < 1.29 is 32.2 Å². The molecule has 0 aliphatic carbocycles. The molecule has 1 aromatic rings. The fourth-order valence-corrected chi connectivity index (χ4v) is 1.70. The summed E-state index contributed by atoms with van der Waals surface area (Å²) < 4.78 is 46.6. The Kier molecular flexibility index (Phi) is 3.92. The van der Waals surface area contributed by atoms with Gasteiger partial charge in [0.15, 0.2) is 17.3 Å². The first-order chi connectivity index (χ1) is 9.79. The molecule has 21 heavy (non-hydrogen) atoms. The molecule has 1 amide bonds. The molecule has 6 nitrogen and oxygen atoms in total. The second-order valence-corrected chi connectivity index (χ2v) is 4.19. The Bertz CT molecular complexity index is 587. The van der Waals surface area contributed by atoms with Gasteiger partial charge in [-0.25, -0.2) is 0 Å². The van der Waals surface area contributed by atoms with Crippen LogP contribution in [0.4, 0.5) is 18.9 Å². The third-order valence-electron chi connectivity index (χ3n) is 2.68. The van der Waals surface area contributed by atoms with Crippen molar-refractivity contribution in [3.8, 4) is 11.5 Å². The molecule has 0 atom stereocenters. The summed E-state index contributed by atoms with van der Waals surface area (Å²) in [6.07, 6.45) is -5.04. The molecule has 1 aliphatic heterocycles. The zero-order valence-corrected chi connectivity index (χ0v) is 10.6. The van der Waals surface area contributed by atoms with Crippen LogP contribution in [0.5, 0.6) is 11.5 Å². The zero-order valence-electron chi connectivity index (χ0n) is 10.6. The Morgan fingerprint density at radius 3 is 2.33 bits per heavy atom. The number of nitrogen functional groups attached to an aromatic ring is 1. The molecule has 2 rings (SSSR count). The highest BCUT2D eigenvalue weighted by Crippen LogP contribution is 2.34. The number of rotatable bonds is 3. The Morgan fingerprint density at radius 2 is 1.76 bits per heavy atom. The Morgan fingerprint density at radius 1 is 1.19 bits per heavy atom. The third kappa shape index (κ3) is 3.36. The standard InChI is InChI=1S/C12H11F3N2O4/c13-12(14,15)11(19)17-5-8(18)6-3-9-10(4-7(6)16)21-2-1-20-9/h3-4H,1-2,5,16H2,(H,17,19). The van der Waals surface area contributed by atoms with Crippen molar-refractivity contribution >= 4 is 17.4 Å². The number of nitrogens with one attached hydrogen (secondary N) is 1. The molecule has 0 aromatic heterocycles. The van der Waals surface area contributed by atoms with Gasteiger partial charge >= 0.3 is 12.1 Å². The number of carbonyl (C=O) groups is 2. The van der Waals surface area contributed by atoms with E-state index in [2.05, 4.69) is 0 Å². The van der Waals surface area contributed by atoms with Crippen molar-refractivity contribution in [1.82, 2.24) is 5.32 Å². The maximum atomic E-state index is 12.0. The Balaban J connectivity index is 2.11. The van der Waals surface area contributed by atoms with E-state index in [1.807, 2.05) is 0 Å². The van der Waals surface area contributed by atoms with Gasteiger partial charge < -0.3 is 20.5 Å². The van der Waals surface area contributed by atoms with Gasteiger partial charge in [-0.3, -0.25) is 9.59 Å². The smallest absolute Gasteiger partial charge is 0.471 e. The Labute approximate surface area is 117 Å². The topological polar surface area (TPSA) is 90.7 Å². The second-order valence-electron chi connectivity index (χ2n) is 4.19. The van der Waals surface area contributed by atoms with E-state index in [0.717, 1.165) is 0 Å². The average molecular weight is 304 g/mol. The lowest BCUT2D eigenvalue weighted by Gasteiger charge is -2.20. The monoisotopic (exact) mass is 304 g/mol. The van der Waals surface area contributed by atoms with Gasteiger partial charge in [0.05, 0.1) is 6.54 Å². The molecule has 1 heterocycles. The SMILES string of the molecule is Nc1cc2c(cc1C(=O)CNC(=O)C(F)(F)F)OCCO2. The number of hydrogen-bond donors (Lipinski definition) is 2. The van der Waals surface area contributed by atoms with E-state index in [4.69, 9.17) is 15.2 Å².